The Morgan fingerprint density at radius 3 is 2.52 bits per heavy atom. The van der Waals surface area contributed by atoms with E-state index in [4.69, 9.17) is 4.74 Å². The number of hydrogen-bond donors (Lipinski definition) is 1. The van der Waals surface area contributed by atoms with Gasteiger partial charge in [-0.3, -0.25) is 14.4 Å². The number of likely N-dealkylation sites (tertiary alicyclic amines) is 2. The van der Waals surface area contributed by atoms with Crippen LogP contribution in [-0.4, -0.2) is 72.0 Å². The number of carbonyl (C=O) groups is 3. The molecule has 0 aromatic heterocycles. The fourth-order valence-electron chi connectivity index (χ4n) is 5.13. The van der Waals surface area contributed by atoms with Crippen molar-refractivity contribution in [3.63, 3.8) is 0 Å². The summed E-state index contributed by atoms with van der Waals surface area (Å²) in [6.45, 7) is 4.64. The minimum Gasteiger partial charge on any atom is -0.376 e. The summed E-state index contributed by atoms with van der Waals surface area (Å²) in [5.41, 5.74) is 0. The van der Waals surface area contributed by atoms with E-state index in [-0.39, 0.29) is 29.9 Å². The summed E-state index contributed by atoms with van der Waals surface area (Å²) in [5.74, 6) is 0.121. The normalized spacial score (nSPS) is 33.1. The Balaban J connectivity index is 1.81. The van der Waals surface area contributed by atoms with Crippen LogP contribution in [0.25, 0.3) is 0 Å². The number of hydrogen-bond acceptors (Lipinski definition) is 4. The molecule has 0 aromatic rings. The van der Waals surface area contributed by atoms with Gasteiger partial charge < -0.3 is 19.9 Å². The van der Waals surface area contributed by atoms with Crippen molar-refractivity contribution in [2.75, 3.05) is 20.2 Å². The van der Waals surface area contributed by atoms with E-state index < -0.39 is 12.1 Å². The zero-order valence-corrected chi connectivity index (χ0v) is 16.8. The minimum atomic E-state index is -0.516. The fourth-order valence-corrected chi connectivity index (χ4v) is 5.13. The highest BCUT2D eigenvalue weighted by atomic mass is 16.5. The highest BCUT2D eigenvalue weighted by molar-refractivity contribution is 5.93. The third kappa shape index (κ3) is 3.98. The summed E-state index contributed by atoms with van der Waals surface area (Å²) < 4.78 is 5.83. The highest BCUT2D eigenvalue weighted by Gasteiger charge is 2.51. The van der Waals surface area contributed by atoms with E-state index in [1.165, 1.54) is 13.3 Å². The van der Waals surface area contributed by atoms with Gasteiger partial charge in [0.15, 0.2) is 0 Å². The lowest BCUT2D eigenvalue weighted by atomic mass is 9.84. The molecule has 3 fully saturated rings. The molecule has 3 amide bonds. The number of fused-ring (bicyclic) bond motifs is 1. The minimum absolute atomic E-state index is 0.0733. The maximum absolute atomic E-state index is 13.6. The first-order chi connectivity index (χ1) is 13.0. The van der Waals surface area contributed by atoms with E-state index in [0.717, 1.165) is 32.1 Å². The summed E-state index contributed by atoms with van der Waals surface area (Å²) in [6, 6.07) is -0.810. The number of nitrogens with zero attached hydrogens (tertiary/aromatic N) is 2. The van der Waals surface area contributed by atoms with Gasteiger partial charge in [0.05, 0.1) is 6.10 Å². The first-order valence-electron chi connectivity index (χ1n) is 10.4. The average Bonchev–Trinajstić information content (AvgIpc) is 3.27. The Labute approximate surface area is 161 Å². The predicted octanol–water partition coefficient (Wildman–Crippen LogP) is 1.31. The van der Waals surface area contributed by atoms with Gasteiger partial charge in [-0.05, 0) is 31.6 Å². The van der Waals surface area contributed by atoms with Gasteiger partial charge in [0.1, 0.15) is 12.1 Å². The molecule has 0 aromatic carbocycles. The summed E-state index contributed by atoms with van der Waals surface area (Å²) in [4.78, 5) is 41.7. The van der Waals surface area contributed by atoms with Gasteiger partial charge in [-0.25, -0.2) is 0 Å². The van der Waals surface area contributed by atoms with Crippen LogP contribution in [-0.2, 0) is 19.1 Å². The molecule has 1 saturated carbocycles. The van der Waals surface area contributed by atoms with Crippen LogP contribution in [0.4, 0.5) is 0 Å². The molecule has 7 nitrogen and oxygen atoms in total. The van der Waals surface area contributed by atoms with Crippen molar-refractivity contribution in [1.29, 1.82) is 0 Å². The molecule has 2 saturated heterocycles. The van der Waals surface area contributed by atoms with E-state index in [1.54, 1.807) is 11.9 Å². The van der Waals surface area contributed by atoms with Gasteiger partial charge in [0.2, 0.25) is 17.7 Å². The van der Waals surface area contributed by atoms with Crippen molar-refractivity contribution in [3.05, 3.63) is 0 Å². The number of carbonyl (C=O) groups excluding carboxylic acids is 3. The van der Waals surface area contributed by atoms with Gasteiger partial charge in [-0.2, -0.15) is 0 Å². The molecule has 1 N–H and O–H groups in total. The summed E-state index contributed by atoms with van der Waals surface area (Å²) >= 11 is 0. The lowest BCUT2D eigenvalue weighted by Gasteiger charge is -2.36. The van der Waals surface area contributed by atoms with E-state index in [2.05, 4.69) is 5.32 Å². The van der Waals surface area contributed by atoms with Crippen LogP contribution in [0.2, 0.25) is 0 Å². The smallest absolute Gasteiger partial charge is 0.246 e. The maximum atomic E-state index is 13.6. The highest BCUT2D eigenvalue weighted by Crippen LogP contribution is 2.41. The number of rotatable bonds is 5. The van der Waals surface area contributed by atoms with Gasteiger partial charge in [0.25, 0.3) is 0 Å². The first-order valence-corrected chi connectivity index (χ1v) is 10.4. The quantitative estimate of drug-likeness (QED) is 0.781. The lowest BCUT2D eigenvalue weighted by Crippen LogP contribution is -2.55. The molecule has 2 aliphatic heterocycles. The van der Waals surface area contributed by atoms with Gasteiger partial charge in [-0.15, -0.1) is 0 Å². The molecule has 7 heteroatoms. The van der Waals surface area contributed by atoms with Gasteiger partial charge in [-0.1, -0.05) is 19.8 Å². The number of likely N-dealkylation sites (N-methyl/N-ethyl adjacent to an activating group) is 1. The molecule has 3 aliphatic rings. The Bertz CT molecular complexity index is 582. The van der Waals surface area contributed by atoms with Crippen molar-refractivity contribution in [3.8, 4) is 0 Å². The summed E-state index contributed by atoms with van der Waals surface area (Å²) in [6.07, 6.45) is 6.34. The van der Waals surface area contributed by atoms with E-state index in [9.17, 15) is 14.4 Å². The first kappa shape index (κ1) is 20.1. The van der Waals surface area contributed by atoms with Crippen LogP contribution in [0.5, 0.6) is 0 Å². The van der Waals surface area contributed by atoms with Crippen LogP contribution in [0.3, 0.4) is 0 Å². The summed E-state index contributed by atoms with van der Waals surface area (Å²) in [5, 5.41) is 2.72. The molecule has 2 unspecified atom stereocenters. The predicted molar refractivity (Wildman–Crippen MR) is 101 cm³/mol. The second kappa shape index (κ2) is 8.59. The standard InChI is InChI=1S/C20H33N3O4/c1-4-9-27-15-11-18(22(12-15)13(2)24)20(26)23-16-8-6-5-7-14(16)10-17(23)19(25)21-3/h14-18H,4-12H2,1-3H3,(H,21,25)/t14?,15-,16?,17-,18+/m0/s1. The molecule has 0 radical (unpaired) electrons. The molecule has 152 valence electrons. The van der Waals surface area contributed by atoms with Crippen LogP contribution in [0.15, 0.2) is 0 Å². The van der Waals surface area contributed by atoms with Crippen molar-refractivity contribution in [1.82, 2.24) is 15.1 Å². The number of nitrogens with one attached hydrogen (secondary N) is 1. The Hall–Kier alpha value is -1.63. The van der Waals surface area contributed by atoms with E-state index >= 15 is 0 Å². The zero-order chi connectivity index (χ0) is 19.6. The Kier molecular flexibility index (Phi) is 6.40. The molecular formula is C20H33N3O4. The maximum Gasteiger partial charge on any atom is 0.246 e. The van der Waals surface area contributed by atoms with Crippen molar-refractivity contribution >= 4 is 17.7 Å². The van der Waals surface area contributed by atoms with Crippen LogP contribution in [0.1, 0.15) is 58.8 Å². The average molecular weight is 380 g/mol. The molecule has 5 atom stereocenters. The molecule has 3 rings (SSSR count). The van der Waals surface area contributed by atoms with Crippen LogP contribution >= 0.6 is 0 Å². The third-order valence-corrected chi connectivity index (χ3v) is 6.40. The molecule has 0 bridgehead atoms. The number of ether oxygens (including phenoxy) is 1. The molecule has 2 heterocycles. The van der Waals surface area contributed by atoms with Crippen molar-refractivity contribution in [2.45, 2.75) is 83.0 Å². The molecule has 1 aliphatic carbocycles. The monoisotopic (exact) mass is 379 g/mol. The van der Waals surface area contributed by atoms with E-state index in [1.807, 2.05) is 11.8 Å². The SMILES string of the molecule is CCCO[C@H]1C[C@H](C(=O)N2C3CCCCC3C[C@H]2C(=O)NC)N(C(C)=O)C1. The van der Waals surface area contributed by atoms with Crippen molar-refractivity contribution < 1.29 is 19.1 Å². The Morgan fingerprint density at radius 1 is 1.11 bits per heavy atom. The summed E-state index contributed by atoms with van der Waals surface area (Å²) in [7, 11) is 1.62. The van der Waals surface area contributed by atoms with Crippen molar-refractivity contribution in [2.24, 2.45) is 5.92 Å². The van der Waals surface area contributed by atoms with Crippen LogP contribution < -0.4 is 5.32 Å². The second-order valence-corrected chi connectivity index (χ2v) is 8.14. The topological polar surface area (TPSA) is 79.0 Å². The van der Waals surface area contributed by atoms with Gasteiger partial charge in [0, 0.05) is 39.6 Å². The third-order valence-electron chi connectivity index (χ3n) is 6.40. The molecule has 27 heavy (non-hydrogen) atoms. The molecule has 0 spiro atoms. The molecular weight excluding hydrogens is 346 g/mol. The van der Waals surface area contributed by atoms with Gasteiger partial charge >= 0.3 is 0 Å². The lowest BCUT2D eigenvalue weighted by molar-refractivity contribution is -0.148. The largest absolute Gasteiger partial charge is 0.376 e. The number of amides is 3. The van der Waals surface area contributed by atoms with Crippen LogP contribution in [0, 0.1) is 5.92 Å². The zero-order valence-electron chi connectivity index (χ0n) is 16.8. The fraction of sp³-hybridized carbons (Fsp3) is 0.850. The Morgan fingerprint density at radius 2 is 1.85 bits per heavy atom. The second-order valence-electron chi connectivity index (χ2n) is 8.14. The van der Waals surface area contributed by atoms with E-state index in [0.29, 0.717) is 25.5 Å².